The lowest BCUT2D eigenvalue weighted by Gasteiger charge is -2.07. The molecule has 0 radical (unpaired) electrons. The van der Waals surface area contributed by atoms with Gasteiger partial charge in [-0.25, -0.2) is 0 Å². The van der Waals surface area contributed by atoms with E-state index in [4.69, 9.17) is 11.5 Å². The molecular formula is C10H24N4O. The van der Waals surface area contributed by atoms with Crippen LogP contribution < -0.4 is 16.8 Å². The molecule has 0 saturated heterocycles. The summed E-state index contributed by atoms with van der Waals surface area (Å²) >= 11 is 0. The summed E-state index contributed by atoms with van der Waals surface area (Å²) in [5.74, 6) is -0.00926. The average molecular weight is 216 g/mol. The maximum absolute atomic E-state index is 10.7. The summed E-state index contributed by atoms with van der Waals surface area (Å²) in [5, 5.41) is 3.03. The van der Waals surface area contributed by atoms with Crippen molar-refractivity contribution in [3.63, 3.8) is 0 Å². The topological polar surface area (TPSA) is 84.4 Å². The Hall–Kier alpha value is -0.910. The Morgan fingerprint density at radius 3 is 1.80 bits per heavy atom. The first-order chi connectivity index (χ1) is 6.97. The molecular weight excluding hydrogens is 192 g/mol. The van der Waals surface area contributed by atoms with E-state index in [1.807, 2.05) is 0 Å². The number of likely N-dealkylation sites (N-methyl/N-ethyl adjacent to an activating group) is 1. The van der Waals surface area contributed by atoms with Gasteiger partial charge in [-0.2, -0.15) is 0 Å². The monoisotopic (exact) mass is 216 g/mol. The molecule has 0 bridgehead atoms. The minimum Gasteiger partial charge on any atom is -0.345 e. The minimum absolute atomic E-state index is 0.00926. The molecule has 5 N–H and O–H groups in total. The number of carbonyl (C=O) groups excluding carboxylic acids is 1. The lowest BCUT2D eigenvalue weighted by molar-refractivity contribution is -0.124. The fourth-order valence-electron chi connectivity index (χ4n) is 0.711. The SMILES string of the molecule is C=C(C)C(=O)N(C)C.NCCNCCN. The second-order valence-electron chi connectivity index (χ2n) is 3.31. The highest BCUT2D eigenvalue weighted by Gasteiger charge is 2.01. The molecule has 0 aliphatic rings. The van der Waals surface area contributed by atoms with E-state index in [1.165, 1.54) is 4.90 Å². The fourth-order valence-corrected chi connectivity index (χ4v) is 0.711. The first kappa shape index (κ1) is 16.5. The van der Waals surface area contributed by atoms with Crippen LogP contribution in [0.4, 0.5) is 0 Å². The van der Waals surface area contributed by atoms with Crippen molar-refractivity contribution in [1.82, 2.24) is 10.2 Å². The number of nitrogens with two attached hydrogens (primary N) is 2. The van der Waals surface area contributed by atoms with Crippen LogP contribution in [0.25, 0.3) is 0 Å². The first-order valence-corrected chi connectivity index (χ1v) is 4.95. The quantitative estimate of drug-likeness (QED) is 0.412. The van der Waals surface area contributed by atoms with E-state index in [1.54, 1.807) is 21.0 Å². The fraction of sp³-hybridized carbons (Fsp3) is 0.700. The van der Waals surface area contributed by atoms with E-state index in [9.17, 15) is 4.79 Å². The van der Waals surface area contributed by atoms with Crippen LogP contribution in [0.3, 0.4) is 0 Å². The highest BCUT2D eigenvalue weighted by molar-refractivity contribution is 5.91. The number of amides is 1. The number of nitrogens with zero attached hydrogens (tertiary/aromatic N) is 1. The normalized spacial score (nSPS) is 8.87. The van der Waals surface area contributed by atoms with E-state index in [0.29, 0.717) is 18.7 Å². The molecule has 0 atom stereocenters. The van der Waals surface area contributed by atoms with Gasteiger partial charge in [0.15, 0.2) is 0 Å². The van der Waals surface area contributed by atoms with Crippen molar-refractivity contribution in [3.8, 4) is 0 Å². The Bertz CT molecular complexity index is 176. The third-order valence-corrected chi connectivity index (χ3v) is 1.41. The van der Waals surface area contributed by atoms with Crippen molar-refractivity contribution in [2.45, 2.75) is 6.92 Å². The van der Waals surface area contributed by atoms with Crippen molar-refractivity contribution >= 4 is 5.91 Å². The second-order valence-corrected chi connectivity index (χ2v) is 3.31. The van der Waals surface area contributed by atoms with Crippen LogP contribution in [-0.4, -0.2) is 51.1 Å². The number of hydrogen-bond donors (Lipinski definition) is 3. The summed E-state index contributed by atoms with van der Waals surface area (Å²) in [7, 11) is 3.41. The highest BCUT2D eigenvalue weighted by atomic mass is 16.2. The zero-order valence-electron chi connectivity index (χ0n) is 10.0. The van der Waals surface area contributed by atoms with Gasteiger partial charge in [-0.1, -0.05) is 6.58 Å². The predicted molar refractivity (Wildman–Crippen MR) is 64.5 cm³/mol. The Labute approximate surface area is 92.5 Å². The molecule has 15 heavy (non-hydrogen) atoms. The van der Waals surface area contributed by atoms with Crippen LogP contribution in [-0.2, 0) is 4.79 Å². The lowest BCUT2D eigenvalue weighted by Crippen LogP contribution is -2.27. The molecule has 1 amide bonds. The molecule has 0 saturated carbocycles. The number of hydrogen-bond acceptors (Lipinski definition) is 4. The van der Waals surface area contributed by atoms with E-state index >= 15 is 0 Å². The largest absolute Gasteiger partial charge is 0.345 e. The Kier molecular flexibility index (Phi) is 12.3. The maximum Gasteiger partial charge on any atom is 0.248 e. The van der Waals surface area contributed by atoms with Crippen LogP contribution >= 0.6 is 0 Å². The molecule has 0 aliphatic heterocycles. The molecule has 0 rings (SSSR count). The lowest BCUT2D eigenvalue weighted by atomic mass is 10.3. The highest BCUT2D eigenvalue weighted by Crippen LogP contribution is 1.90. The first-order valence-electron chi connectivity index (χ1n) is 4.95. The Balaban J connectivity index is 0. The summed E-state index contributed by atoms with van der Waals surface area (Å²) in [4.78, 5) is 12.2. The summed E-state index contributed by atoms with van der Waals surface area (Å²) in [6.07, 6.45) is 0. The van der Waals surface area contributed by atoms with Gasteiger partial charge in [0.05, 0.1) is 0 Å². The Morgan fingerprint density at radius 2 is 1.67 bits per heavy atom. The second kappa shape index (κ2) is 11.2. The molecule has 0 aromatic rings. The van der Waals surface area contributed by atoms with Gasteiger partial charge in [0, 0.05) is 45.8 Å². The minimum atomic E-state index is -0.00926. The van der Waals surface area contributed by atoms with E-state index in [0.717, 1.165) is 13.1 Å². The maximum atomic E-state index is 10.7. The van der Waals surface area contributed by atoms with E-state index in [2.05, 4.69) is 11.9 Å². The van der Waals surface area contributed by atoms with Crippen LogP contribution in [0.2, 0.25) is 0 Å². The molecule has 0 aromatic heterocycles. The zero-order valence-corrected chi connectivity index (χ0v) is 10.0. The van der Waals surface area contributed by atoms with Gasteiger partial charge < -0.3 is 21.7 Å². The summed E-state index contributed by atoms with van der Waals surface area (Å²) in [5.41, 5.74) is 10.9. The van der Waals surface area contributed by atoms with Gasteiger partial charge in [0.1, 0.15) is 0 Å². The van der Waals surface area contributed by atoms with Crippen LogP contribution in [0.1, 0.15) is 6.92 Å². The summed E-state index contributed by atoms with van der Waals surface area (Å²) in [6.45, 7) is 8.32. The van der Waals surface area contributed by atoms with E-state index < -0.39 is 0 Å². The van der Waals surface area contributed by atoms with Crippen molar-refractivity contribution in [2.75, 3.05) is 40.3 Å². The predicted octanol–water partition coefficient (Wildman–Crippen LogP) is -0.856. The number of carbonyl (C=O) groups is 1. The van der Waals surface area contributed by atoms with E-state index in [-0.39, 0.29) is 5.91 Å². The average Bonchev–Trinajstić information content (AvgIpc) is 2.18. The number of rotatable bonds is 5. The molecule has 0 fully saturated rings. The van der Waals surface area contributed by atoms with Gasteiger partial charge in [-0.05, 0) is 6.92 Å². The van der Waals surface area contributed by atoms with Crippen LogP contribution in [0.15, 0.2) is 12.2 Å². The van der Waals surface area contributed by atoms with Gasteiger partial charge >= 0.3 is 0 Å². The van der Waals surface area contributed by atoms with Crippen molar-refractivity contribution < 1.29 is 4.79 Å². The van der Waals surface area contributed by atoms with Crippen molar-refractivity contribution in [3.05, 3.63) is 12.2 Å². The van der Waals surface area contributed by atoms with Gasteiger partial charge in [0.25, 0.3) is 0 Å². The molecule has 0 aromatic carbocycles. The van der Waals surface area contributed by atoms with Gasteiger partial charge in [-0.3, -0.25) is 4.79 Å². The molecule has 0 spiro atoms. The summed E-state index contributed by atoms with van der Waals surface area (Å²) < 4.78 is 0. The van der Waals surface area contributed by atoms with Crippen LogP contribution in [0.5, 0.6) is 0 Å². The Morgan fingerprint density at radius 1 is 1.27 bits per heavy atom. The molecule has 0 aliphatic carbocycles. The summed E-state index contributed by atoms with van der Waals surface area (Å²) in [6, 6.07) is 0. The van der Waals surface area contributed by atoms with Gasteiger partial charge in [0.2, 0.25) is 5.91 Å². The number of nitrogens with one attached hydrogen (secondary N) is 1. The molecule has 0 unspecified atom stereocenters. The van der Waals surface area contributed by atoms with Crippen molar-refractivity contribution in [1.29, 1.82) is 0 Å². The molecule has 0 heterocycles. The molecule has 5 nitrogen and oxygen atoms in total. The standard InChI is InChI=1S/C6H11NO.C4H13N3/c1-5(2)6(8)7(3)4;5-1-3-7-4-2-6/h1H2,2-4H3;7H,1-6H2. The third kappa shape index (κ3) is 13.1. The zero-order chi connectivity index (χ0) is 12.3. The van der Waals surface area contributed by atoms with Crippen LogP contribution in [0, 0.1) is 0 Å². The van der Waals surface area contributed by atoms with Gasteiger partial charge in [-0.15, -0.1) is 0 Å². The van der Waals surface area contributed by atoms with Crippen molar-refractivity contribution in [2.24, 2.45) is 11.5 Å². The third-order valence-electron chi connectivity index (χ3n) is 1.41. The molecule has 5 heteroatoms. The smallest absolute Gasteiger partial charge is 0.248 e. The molecule has 90 valence electrons.